The number of nitrogens with zero attached hydrogens (tertiary/aromatic N) is 3. The number of rotatable bonds is 2. The maximum atomic E-state index is 11.4. The van der Waals surface area contributed by atoms with Crippen molar-refractivity contribution in [3.63, 3.8) is 0 Å². The molecule has 7 heteroatoms. The normalized spacial score (nSPS) is 25.0. The number of aromatic nitrogens is 4. The number of anilines is 1. The highest BCUT2D eigenvalue weighted by Crippen LogP contribution is 2.27. The number of pyridine rings is 1. The maximum absolute atomic E-state index is 11.4. The molecule has 7 nitrogen and oxygen atoms in total. The predicted octanol–water partition coefficient (Wildman–Crippen LogP) is 0.348. The van der Waals surface area contributed by atoms with Gasteiger partial charge < -0.3 is 15.2 Å². The Kier molecular flexibility index (Phi) is 2.99. The fraction of sp³-hybridized carbons (Fsp3) is 0.500. The molecule has 2 unspecified atom stereocenters. The lowest BCUT2D eigenvalue weighted by Crippen LogP contribution is -2.40. The van der Waals surface area contributed by atoms with Crippen LogP contribution < -0.4 is 15.8 Å². The summed E-state index contributed by atoms with van der Waals surface area (Å²) in [4.78, 5) is 20.9. The average Bonchev–Trinajstić information content (AvgIpc) is 3.14. The lowest BCUT2D eigenvalue weighted by atomic mass is 9.94. The van der Waals surface area contributed by atoms with Crippen LogP contribution in [0.3, 0.4) is 0 Å². The summed E-state index contributed by atoms with van der Waals surface area (Å²) in [6.07, 6.45) is 2.52. The molecule has 2 atom stereocenters. The number of aromatic amines is 2. The fourth-order valence-electron chi connectivity index (χ4n) is 3.31. The van der Waals surface area contributed by atoms with Gasteiger partial charge in [-0.3, -0.25) is 9.89 Å². The molecule has 3 N–H and O–H groups in total. The van der Waals surface area contributed by atoms with Crippen LogP contribution in [0.2, 0.25) is 0 Å². The van der Waals surface area contributed by atoms with Crippen LogP contribution in [0.5, 0.6) is 0 Å². The lowest BCUT2D eigenvalue weighted by Gasteiger charge is -2.24. The van der Waals surface area contributed by atoms with Gasteiger partial charge in [-0.05, 0) is 31.4 Å². The third kappa shape index (κ3) is 2.33. The molecular formula is C14H18N6O. The van der Waals surface area contributed by atoms with Crippen molar-refractivity contribution in [2.45, 2.75) is 18.9 Å². The topological polar surface area (TPSA) is 89.7 Å². The van der Waals surface area contributed by atoms with E-state index in [1.165, 1.54) is 18.9 Å². The molecule has 0 bridgehead atoms. The zero-order valence-corrected chi connectivity index (χ0v) is 11.7. The van der Waals surface area contributed by atoms with Crippen LogP contribution in [0.1, 0.15) is 12.8 Å². The Hall–Kier alpha value is -2.15. The minimum absolute atomic E-state index is 0.137. The van der Waals surface area contributed by atoms with Gasteiger partial charge in [0.2, 0.25) is 11.5 Å². The van der Waals surface area contributed by atoms with E-state index in [9.17, 15) is 4.79 Å². The maximum Gasteiger partial charge on any atom is 0.248 e. The summed E-state index contributed by atoms with van der Waals surface area (Å²) >= 11 is 0. The first kappa shape index (κ1) is 12.6. The first-order valence-electron chi connectivity index (χ1n) is 7.40. The van der Waals surface area contributed by atoms with Crippen LogP contribution in [0.4, 0.5) is 5.95 Å². The van der Waals surface area contributed by atoms with Crippen molar-refractivity contribution in [1.29, 1.82) is 0 Å². The van der Waals surface area contributed by atoms with Gasteiger partial charge in [-0.2, -0.15) is 4.98 Å². The van der Waals surface area contributed by atoms with Gasteiger partial charge >= 0.3 is 0 Å². The SMILES string of the molecule is O=c1cccc(-c2nc(N3CC4CCCNC4C3)n[nH]2)[nH]1. The van der Waals surface area contributed by atoms with Gasteiger partial charge in [-0.15, -0.1) is 5.10 Å². The molecule has 0 aromatic carbocycles. The van der Waals surface area contributed by atoms with Crippen LogP contribution in [-0.2, 0) is 0 Å². The van der Waals surface area contributed by atoms with E-state index in [1.54, 1.807) is 6.07 Å². The summed E-state index contributed by atoms with van der Waals surface area (Å²) in [5.41, 5.74) is 0.526. The van der Waals surface area contributed by atoms with Crippen molar-refractivity contribution in [1.82, 2.24) is 25.5 Å². The number of piperidine rings is 1. The molecule has 0 saturated carbocycles. The molecule has 21 heavy (non-hydrogen) atoms. The summed E-state index contributed by atoms with van der Waals surface area (Å²) in [6.45, 7) is 3.06. The van der Waals surface area contributed by atoms with E-state index in [-0.39, 0.29) is 5.56 Å². The number of fused-ring (bicyclic) bond motifs is 1. The smallest absolute Gasteiger partial charge is 0.248 e. The predicted molar refractivity (Wildman–Crippen MR) is 79.2 cm³/mol. The second kappa shape index (κ2) is 5.00. The summed E-state index contributed by atoms with van der Waals surface area (Å²) in [7, 11) is 0. The third-order valence-electron chi connectivity index (χ3n) is 4.38. The highest BCUT2D eigenvalue weighted by atomic mass is 16.1. The Morgan fingerprint density at radius 1 is 1.29 bits per heavy atom. The number of hydrogen-bond donors (Lipinski definition) is 3. The van der Waals surface area contributed by atoms with Crippen LogP contribution in [0, 0.1) is 5.92 Å². The van der Waals surface area contributed by atoms with Gasteiger partial charge in [-0.25, -0.2) is 0 Å². The van der Waals surface area contributed by atoms with Gasteiger partial charge in [0, 0.05) is 25.2 Å². The zero-order valence-electron chi connectivity index (χ0n) is 11.7. The van der Waals surface area contributed by atoms with E-state index in [2.05, 4.69) is 30.4 Å². The molecular weight excluding hydrogens is 268 g/mol. The van der Waals surface area contributed by atoms with Crippen LogP contribution in [0.15, 0.2) is 23.0 Å². The summed E-state index contributed by atoms with van der Waals surface area (Å²) in [5, 5.41) is 10.8. The lowest BCUT2D eigenvalue weighted by molar-refractivity contribution is 0.340. The Morgan fingerprint density at radius 2 is 2.24 bits per heavy atom. The minimum atomic E-state index is -0.137. The monoisotopic (exact) mass is 286 g/mol. The van der Waals surface area contributed by atoms with Crippen LogP contribution in [-0.4, -0.2) is 45.8 Å². The molecule has 2 aliphatic heterocycles. The molecule has 0 radical (unpaired) electrons. The molecule has 4 heterocycles. The summed E-state index contributed by atoms with van der Waals surface area (Å²) in [6, 6.07) is 5.57. The van der Waals surface area contributed by atoms with Crippen molar-refractivity contribution in [2.24, 2.45) is 5.92 Å². The van der Waals surface area contributed by atoms with E-state index in [0.29, 0.717) is 29.4 Å². The second-order valence-electron chi connectivity index (χ2n) is 5.78. The molecule has 110 valence electrons. The van der Waals surface area contributed by atoms with Gasteiger partial charge in [0.25, 0.3) is 0 Å². The number of H-pyrrole nitrogens is 2. The van der Waals surface area contributed by atoms with Crippen molar-refractivity contribution in [3.8, 4) is 11.5 Å². The van der Waals surface area contributed by atoms with Crippen molar-refractivity contribution >= 4 is 5.95 Å². The molecule has 0 spiro atoms. The van der Waals surface area contributed by atoms with E-state index in [4.69, 9.17) is 0 Å². The highest BCUT2D eigenvalue weighted by molar-refractivity contribution is 5.51. The number of hydrogen-bond acceptors (Lipinski definition) is 5. The van der Waals surface area contributed by atoms with E-state index >= 15 is 0 Å². The Balaban J connectivity index is 1.56. The van der Waals surface area contributed by atoms with Crippen molar-refractivity contribution in [3.05, 3.63) is 28.6 Å². The van der Waals surface area contributed by atoms with Crippen LogP contribution in [0.25, 0.3) is 11.5 Å². The quantitative estimate of drug-likeness (QED) is 0.741. The second-order valence-corrected chi connectivity index (χ2v) is 5.78. The Bertz CT molecular complexity index is 679. The van der Waals surface area contributed by atoms with Gasteiger partial charge in [0.05, 0.1) is 5.69 Å². The number of nitrogens with one attached hydrogen (secondary N) is 3. The molecule has 0 amide bonds. The molecule has 2 saturated heterocycles. The standard InChI is InChI=1S/C14H18N6O/c21-12-5-1-4-10(16-12)13-17-14(19-18-13)20-7-9-3-2-6-15-11(9)8-20/h1,4-5,9,11,15H,2-3,6-8H2,(H,16,21)(H,17,18,19). The van der Waals surface area contributed by atoms with Crippen LogP contribution >= 0.6 is 0 Å². The van der Waals surface area contributed by atoms with Crippen molar-refractivity contribution < 1.29 is 0 Å². The van der Waals surface area contributed by atoms with Gasteiger partial charge in [0.1, 0.15) is 0 Å². The first-order valence-corrected chi connectivity index (χ1v) is 7.40. The van der Waals surface area contributed by atoms with E-state index < -0.39 is 0 Å². The third-order valence-corrected chi connectivity index (χ3v) is 4.38. The minimum Gasteiger partial charge on any atom is -0.338 e. The Labute approximate surface area is 121 Å². The Morgan fingerprint density at radius 3 is 3.10 bits per heavy atom. The van der Waals surface area contributed by atoms with E-state index in [0.717, 1.165) is 19.6 Å². The highest BCUT2D eigenvalue weighted by Gasteiger charge is 2.35. The zero-order chi connectivity index (χ0) is 14.2. The largest absolute Gasteiger partial charge is 0.338 e. The summed E-state index contributed by atoms with van der Waals surface area (Å²) < 4.78 is 0. The molecule has 2 fully saturated rings. The van der Waals surface area contributed by atoms with Gasteiger partial charge in [-0.1, -0.05) is 6.07 Å². The first-order chi connectivity index (χ1) is 10.3. The fourth-order valence-corrected chi connectivity index (χ4v) is 3.31. The molecule has 2 aliphatic rings. The molecule has 0 aliphatic carbocycles. The molecule has 4 rings (SSSR count). The molecule has 2 aromatic rings. The van der Waals surface area contributed by atoms with Gasteiger partial charge in [0.15, 0.2) is 5.82 Å². The summed E-state index contributed by atoms with van der Waals surface area (Å²) in [5.74, 6) is 2.01. The van der Waals surface area contributed by atoms with E-state index in [1.807, 2.05) is 6.07 Å². The van der Waals surface area contributed by atoms with Crippen molar-refractivity contribution in [2.75, 3.05) is 24.5 Å². The molecule has 2 aromatic heterocycles. The average molecular weight is 286 g/mol.